The number of nitrogens with zero attached hydrogens (tertiary/aromatic N) is 2. The number of benzene rings is 2. The van der Waals surface area contributed by atoms with Gasteiger partial charge in [-0.3, -0.25) is 4.99 Å². The van der Waals surface area contributed by atoms with Gasteiger partial charge < -0.3 is 4.90 Å². The van der Waals surface area contributed by atoms with Crippen LogP contribution in [0.5, 0.6) is 0 Å². The molecule has 0 saturated carbocycles. The SMILES string of the molecule is O=S1(=O)CC2N=C(SCc3ccc(F)cc3)N(c3cc(C(F)(F)F)ccc3Cl)C2C1. The summed E-state index contributed by atoms with van der Waals surface area (Å²) in [5, 5.41) is 0.466. The number of hydrogen-bond acceptors (Lipinski definition) is 5. The molecule has 2 aromatic rings. The number of halogens is 5. The molecule has 11 heteroatoms. The first kappa shape index (κ1) is 21.5. The van der Waals surface area contributed by atoms with Crippen molar-refractivity contribution in [3.8, 4) is 0 Å². The third kappa shape index (κ3) is 4.31. The summed E-state index contributed by atoms with van der Waals surface area (Å²) in [6.07, 6.45) is -4.57. The zero-order valence-electron chi connectivity index (χ0n) is 15.2. The number of sulfone groups is 1. The van der Waals surface area contributed by atoms with Crippen LogP contribution in [-0.2, 0) is 21.8 Å². The summed E-state index contributed by atoms with van der Waals surface area (Å²) in [4.78, 5) is 5.98. The molecule has 0 bridgehead atoms. The van der Waals surface area contributed by atoms with Gasteiger partial charge in [-0.25, -0.2) is 12.8 Å². The van der Waals surface area contributed by atoms with Gasteiger partial charge in [-0.2, -0.15) is 13.2 Å². The van der Waals surface area contributed by atoms with Crippen molar-refractivity contribution in [3.63, 3.8) is 0 Å². The first-order valence-corrected chi connectivity index (χ1v) is 12.0. The average Bonchev–Trinajstić information content (AvgIpc) is 3.12. The van der Waals surface area contributed by atoms with Crippen LogP contribution >= 0.6 is 23.4 Å². The Morgan fingerprint density at radius 2 is 1.83 bits per heavy atom. The van der Waals surface area contributed by atoms with Crippen molar-refractivity contribution in [3.05, 3.63) is 64.4 Å². The summed E-state index contributed by atoms with van der Waals surface area (Å²) in [6, 6.07) is 7.60. The molecular formula is C19H15ClF4N2O2S2. The van der Waals surface area contributed by atoms with E-state index in [4.69, 9.17) is 11.6 Å². The number of hydrogen-bond donors (Lipinski definition) is 0. The molecule has 2 aliphatic heterocycles. The Hall–Kier alpha value is -1.78. The van der Waals surface area contributed by atoms with Gasteiger partial charge in [-0.05, 0) is 35.9 Å². The van der Waals surface area contributed by atoms with E-state index in [1.807, 2.05) is 0 Å². The number of rotatable bonds is 3. The minimum atomic E-state index is -4.57. The van der Waals surface area contributed by atoms with Gasteiger partial charge in [0.1, 0.15) is 5.82 Å². The van der Waals surface area contributed by atoms with Crippen molar-refractivity contribution in [2.75, 3.05) is 16.4 Å². The molecule has 0 aliphatic carbocycles. The van der Waals surface area contributed by atoms with Gasteiger partial charge in [0.05, 0.1) is 39.9 Å². The summed E-state index contributed by atoms with van der Waals surface area (Å²) in [7, 11) is -3.36. The number of alkyl halides is 3. The van der Waals surface area contributed by atoms with Crippen LogP contribution in [0.2, 0.25) is 5.02 Å². The Morgan fingerprint density at radius 3 is 2.50 bits per heavy atom. The molecule has 2 aromatic carbocycles. The van der Waals surface area contributed by atoms with Crippen molar-refractivity contribution < 1.29 is 26.0 Å². The van der Waals surface area contributed by atoms with Crippen LogP contribution in [0.15, 0.2) is 47.5 Å². The highest BCUT2D eigenvalue weighted by molar-refractivity contribution is 8.13. The first-order valence-electron chi connectivity index (χ1n) is 8.85. The molecule has 2 atom stereocenters. The maximum atomic E-state index is 13.3. The predicted octanol–water partition coefficient (Wildman–Crippen LogP) is 4.77. The summed E-state index contributed by atoms with van der Waals surface area (Å²) < 4.78 is 77.1. The maximum Gasteiger partial charge on any atom is 0.416 e. The van der Waals surface area contributed by atoms with Crippen LogP contribution in [0.1, 0.15) is 11.1 Å². The van der Waals surface area contributed by atoms with Gasteiger partial charge in [0.2, 0.25) is 0 Å². The summed E-state index contributed by atoms with van der Waals surface area (Å²) in [6.45, 7) is 0. The van der Waals surface area contributed by atoms with E-state index in [0.717, 1.165) is 23.8 Å². The monoisotopic (exact) mass is 478 g/mol. The lowest BCUT2D eigenvalue weighted by Crippen LogP contribution is -2.39. The molecule has 1 saturated heterocycles. The number of fused-ring (bicyclic) bond motifs is 1. The van der Waals surface area contributed by atoms with Gasteiger partial charge in [0.15, 0.2) is 15.0 Å². The van der Waals surface area contributed by atoms with E-state index in [9.17, 15) is 26.0 Å². The fourth-order valence-corrected chi connectivity index (χ4v) is 6.64. The smallest absolute Gasteiger partial charge is 0.313 e. The zero-order chi connectivity index (χ0) is 21.7. The molecule has 160 valence electrons. The van der Waals surface area contributed by atoms with Gasteiger partial charge in [-0.15, -0.1) is 0 Å². The molecule has 0 aromatic heterocycles. The lowest BCUT2D eigenvalue weighted by atomic mass is 10.1. The number of aliphatic imine (C=N–C) groups is 1. The molecular weight excluding hydrogens is 464 g/mol. The molecule has 2 aliphatic rings. The Kier molecular flexibility index (Phi) is 5.52. The highest BCUT2D eigenvalue weighted by Crippen LogP contribution is 2.41. The molecule has 2 heterocycles. The molecule has 0 radical (unpaired) electrons. The quantitative estimate of drug-likeness (QED) is 0.596. The summed E-state index contributed by atoms with van der Waals surface area (Å²) in [5.41, 5.74) is -0.0144. The normalized spacial score (nSPS) is 22.8. The molecule has 0 amide bonds. The molecule has 4 rings (SSSR count). The van der Waals surface area contributed by atoms with Crippen LogP contribution < -0.4 is 4.90 Å². The molecule has 0 spiro atoms. The van der Waals surface area contributed by atoms with Crippen molar-refractivity contribution in [2.45, 2.75) is 24.0 Å². The van der Waals surface area contributed by atoms with Crippen LogP contribution in [0.3, 0.4) is 0 Å². The van der Waals surface area contributed by atoms with Crippen molar-refractivity contribution in [1.29, 1.82) is 0 Å². The third-order valence-electron chi connectivity index (χ3n) is 4.92. The average molecular weight is 479 g/mol. The first-order chi connectivity index (χ1) is 14.0. The minimum Gasteiger partial charge on any atom is -0.313 e. The molecule has 0 N–H and O–H groups in total. The van der Waals surface area contributed by atoms with E-state index in [-0.39, 0.29) is 28.0 Å². The lowest BCUT2D eigenvalue weighted by molar-refractivity contribution is -0.137. The van der Waals surface area contributed by atoms with Crippen LogP contribution in [0.4, 0.5) is 23.2 Å². The number of anilines is 1. The van der Waals surface area contributed by atoms with Gasteiger partial charge >= 0.3 is 6.18 Å². The Morgan fingerprint density at radius 1 is 1.13 bits per heavy atom. The fraction of sp³-hybridized carbons (Fsp3) is 0.316. The second-order valence-corrected chi connectivity index (χ2v) is 10.6. The fourth-order valence-electron chi connectivity index (χ4n) is 3.52. The molecule has 1 fully saturated rings. The topological polar surface area (TPSA) is 49.7 Å². The second kappa shape index (κ2) is 7.72. The highest BCUT2D eigenvalue weighted by Gasteiger charge is 2.48. The van der Waals surface area contributed by atoms with E-state index in [0.29, 0.717) is 10.9 Å². The van der Waals surface area contributed by atoms with E-state index in [1.165, 1.54) is 28.8 Å². The molecule has 30 heavy (non-hydrogen) atoms. The summed E-state index contributed by atoms with van der Waals surface area (Å²) >= 11 is 7.47. The van der Waals surface area contributed by atoms with Crippen LogP contribution in [0, 0.1) is 5.82 Å². The third-order valence-corrected chi connectivity index (χ3v) is 7.98. The highest BCUT2D eigenvalue weighted by atomic mass is 35.5. The van der Waals surface area contributed by atoms with Crippen molar-refractivity contribution in [2.24, 2.45) is 4.99 Å². The van der Waals surface area contributed by atoms with Crippen molar-refractivity contribution in [1.82, 2.24) is 0 Å². The van der Waals surface area contributed by atoms with E-state index in [2.05, 4.69) is 4.99 Å². The van der Waals surface area contributed by atoms with E-state index in [1.54, 1.807) is 12.1 Å². The summed E-state index contributed by atoms with van der Waals surface area (Å²) in [5.74, 6) is -0.364. The second-order valence-electron chi connectivity index (χ2n) is 7.07. The Bertz CT molecular complexity index is 1100. The predicted molar refractivity (Wildman–Crippen MR) is 110 cm³/mol. The van der Waals surface area contributed by atoms with Crippen LogP contribution in [0.25, 0.3) is 0 Å². The van der Waals surface area contributed by atoms with Crippen molar-refractivity contribution >= 4 is 44.1 Å². The number of thioether (sulfide) groups is 1. The Balaban J connectivity index is 1.69. The van der Waals surface area contributed by atoms with Gasteiger partial charge in [0, 0.05) is 5.75 Å². The standard InChI is InChI=1S/C19H15ClF4N2O2S2/c20-14-6-3-12(19(22,23)24)7-16(14)26-17-10-30(27,28)9-15(17)25-18(26)29-8-11-1-4-13(21)5-2-11/h1-7,15,17H,8-10H2. The maximum absolute atomic E-state index is 13.3. The van der Waals surface area contributed by atoms with Crippen LogP contribution in [-0.4, -0.2) is 37.2 Å². The largest absolute Gasteiger partial charge is 0.416 e. The zero-order valence-corrected chi connectivity index (χ0v) is 17.6. The minimum absolute atomic E-state index is 0.0708. The van der Waals surface area contributed by atoms with E-state index < -0.39 is 33.7 Å². The Labute approximate surface area is 179 Å². The lowest BCUT2D eigenvalue weighted by Gasteiger charge is -2.28. The number of amidine groups is 1. The van der Waals surface area contributed by atoms with E-state index >= 15 is 0 Å². The molecule has 4 nitrogen and oxygen atoms in total. The van der Waals surface area contributed by atoms with Gasteiger partial charge in [-0.1, -0.05) is 35.5 Å². The molecule has 2 unspecified atom stereocenters. The van der Waals surface area contributed by atoms with Gasteiger partial charge in [0.25, 0.3) is 0 Å².